The van der Waals surface area contributed by atoms with Crippen molar-refractivity contribution in [3.05, 3.63) is 34.9 Å². The Morgan fingerprint density at radius 1 is 1.32 bits per heavy atom. The average Bonchev–Trinajstić information content (AvgIpc) is 2.54. The van der Waals surface area contributed by atoms with Gasteiger partial charge in [-0.3, -0.25) is 9.59 Å². The smallest absolute Gasteiger partial charge is 0.310 e. The van der Waals surface area contributed by atoms with Crippen LogP contribution in [0.4, 0.5) is 0 Å². The maximum Gasteiger partial charge on any atom is 0.310 e. The van der Waals surface area contributed by atoms with Gasteiger partial charge in [0.25, 0.3) is 0 Å². The third-order valence-electron chi connectivity index (χ3n) is 3.93. The molecule has 5 heteroatoms. The Balaban J connectivity index is 1.83. The molecule has 0 bridgehead atoms. The summed E-state index contributed by atoms with van der Waals surface area (Å²) in [5.74, 6) is -0.255. The van der Waals surface area contributed by atoms with Gasteiger partial charge < -0.3 is 9.64 Å². The molecule has 22 heavy (non-hydrogen) atoms. The largest absolute Gasteiger partial charge is 0.466 e. The normalized spacial score (nSPS) is 18.1. The summed E-state index contributed by atoms with van der Waals surface area (Å²) in [4.78, 5) is 25.9. The summed E-state index contributed by atoms with van der Waals surface area (Å²) in [6.07, 6.45) is 2.81. The molecule has 1 saturated heterocycles. The molecule has 1 fully saturated rings. The van der Waals surface area contributed by atoms with Crippen molar-refractivity contribution in [3.63, 3.8) is 0 Å². The van der Waals surface area contributed by atoms with Crippen molar-refractivity contribution in [2.75, 3.05) is 19.7 Å². The maximum atomic E-state index is 12.3. The third-order valence-corrected chi connectivity index (χ3v) is 4.19. The van der Waals surface area contributed by atoms with Crippen molar-refractivity contribution in [2.45, 2.75) is 32.6 Å². The lowest BCUT2D eigenvalue weighted by Crippen LogP contribution is -2.42. The molecule has 0 aliphatic carbocycles. The first-order valence-corrected chi connectivity index (χ1v) is 8.16. The Hall–Kier alpha value is -1.55. The van der Waals surface area contributed by atoms with Crippen molar-refractivity contribution in [1.82, 2.24) is 4.90 Å². The van der Waals surface area contributed by atoms with E-state index in [1.807, 2.05) is 24.3 Å². The van der Waals surface area contributed by atoms with Crippen molar-refractivity contribution < 1.29 is 14.3 Å². The molecule has 4 nitrogen and oxygen atoms in total. The predicted molar refractivity (Wildman–Crippen MR) is 85.7 cm³/mol. The van der Waals surface area contributed by atoms with Crippen LogP contribution >= 0.6 is 11.6 Å². The van der Waals surface area contributed by atoms with Crippen LogP contribution in [0.25, 0.3) is 0 Å². The number of piperidine rings is 1. The van der Waals surface area contributed by atoms with Gasteiger partial charge in [-0.15, -0.1) is 0 Å². The fraction of sp³-hybridized carbons (Fsp3) is 0.529. The molecule has 1 aliphatic rings. The monoisotopic (exact) mass is 323 g/mol. The number of carbonyl (C=O) groups excluding carboxylic acids is 2. The highest BCUT2D eigenvalue weighted by molar-refractivity contribution is 6.30. The molecule has 120 valence electrons. The number of ether oxygens (including phenoxy) is 1. The fourth-order valence-electron chi connectivity index (χ4n) is 2.72. The van der Waals surface area contributed by atoms with E-state index in [2.05, 4.69) is 0 Å². The molecule has 0 N–H and O–H groups in total. The van der Waals surface area contributed by atoms with E-state index in [1.165, 1.54) is 0 Å². The van der Waals surface area contributed by atoms with Crippen molar-refractivity contribution >= 4 is 23.5 Å². The lowest BCUT2D eigenvalue weighted by atomic mass is 9.97. The molecule has 1 aromatic carbocycles. The van der Waals surface area contributed by atoms with Crippen molar-refractivity contribution in [2.24, 2.45) is 5.92 Å². The summed E-state index contributed by atoms with van der Waals surface area (Å²) < 4.78 is 5.06. The van der Waals surface area contributed by atoms with Gasteiger partial charge in [-0.25, -0.2) is 0 Å². The standard InChI is InChI=1S/C17H22ClNO3/c1-2-22-17(21)14-4-3-11-19(12-14)16(20)10-7-13-5-8-15(18)9-6-13/h5-6,8-9,14H,2-4,7,10-12H2,1H3. The van der Waals surface area contributed by atoms with Gasteiger partial charge in [-0.2, -0.15) is 0 Å². The fourth-order valence-corrected chi connectivity index (χ4v) is 2.84. The number of nitrogens with zero attached hydrogens (tertiary/aromatic N) is 1. The van der Waals surface area contributed by atoms with Gasteiger partial charge in [0.05, 0.1) is 12.5 Å². The number of benzene rings is 1. The molecular formula is C17H22ClNO3. The third kappa shape index (κ3) is 4.73. The van der Waals surface area contributed by atoms with Crippen LogP contribution in [0.1, 0.15) is 31.7 Å². The number of hydrogen-bond acceptors (Lipinski definition) is 3. The number of carbonyl (C=O) groups is 2. The molecule has 2 rings (SSSR count). The van der Waals surface area contributed by atoms with Crippen molar-refractivity contribution in [3.8, 4) is 0 Å². The molecular weight excluding hydrogens is 302 g/mol. The van der Waals surface area contributed by atoms with Crippen LogP contribution in [0.2, 0.25) is 5.02 Å². The molecule has 1 atom stereocenters. The first-order chi connectivity index (χ1) is 10.6. The highest BCUT2D eigenvalue weighted by atomic mass is 35.5. The molecule has 0 radical (unpaired) electrons. The number of hydrogen-bond donors (Lipinski definition) is 0. The first-order valence-electron chi connectivity index (χ1n) is 7.79. The molecule has 1 amide bonds. The second-order valence-electron chi connectivity index (χ2n) is 5.56. The first kappa shape index (κ1) is 16.8. The lowest BCUT2D eigenvalue weighted by molar-refractivity contribution is -0.151. The summed E-state index contributed by atoms with van der Waals surface area (Å²) in [6.45, 7) is 3.41. The molecule has 0 saturated carbocycles. The molecule has 1 heterocycles. The van der Waals surface area contributed by atoms with Crippen molar-refractivity contribution in [1.29, 1.82) is 0 Å². The quantitative estimate of drug-likeness (QED) is 0.782. The van der Waals surface area contributed by atoms with Crippen LogP contribution in [0.3, 0.4) is 0 Å². The number of aryl methyl sites for hydroxylation is 1. The van der Waals surface area contributed by atoms with Crippen LogP contribution in [0, 0.1) is 5.92 Å². The second-order valence-corrected chi connectivity index (χ2v) is 5.99. The van der Waals surface area contributed by atoms with Gasteiger partial charge in [0.15, 0.2) is 0 Å². The number of likely N-dealkylation sites (tertiary alicyclic amines) is 1. The maximum absolute atomic E-state index is 12.3. The summed E-state index contributed by atoms with van der Waals surface area (Å²) in [5.41, 5.74) is 1.09. The van der Waals surface area contributed by atoms with Gasteiger partial charge in [0.1, 0.15) is 0 Å². The van der Waals surface area contributed by atoms with Gasteiger partial charge in [-0.05, 0) is 43.9 Å². The van der Waals surface area contributed by atoms with E-state index in [0.29, 0.717) is 31.0 Å². The Bertz CT molecular complexity index is 515. The van der Waals surface area contributed by atoms with Crippen LogP contribution in [0.5, 0.6) is 0 Å². The highest BCUT2D eigenvalue weighted by Gasteiger charge is 2.28. The van der Waals surface area contributed by atoms with Crippen LogP contribution in [-0.2, 0) is 20.7 Å². The van der Waals surface area contributed by atoms with E-state index < -0.39 is 0 Å². The van der Waals surface area contributed by atoms with Gasteiger partial charge in [0, 0.05) is 24.5 Å². The molecule has 1 unspecified atom stereocenters. The number of esters is 1. The number of halogens is 1. The number of rotatable bonds is 5. The van der Waals surface area contributed by atoms with Gasteiger partial charge in [-0.1, -0.05) is 23.7 Å². The zero-order valence-electron chi connectivity index (χ0n) is 12.9. The van der Waals surface area contributed by atoms with E-state index in [9.17, 15) is 9.59 Å². The zero-order valence-corrected chi connectivity index (χ0v) is 13.6. The van der Waals surface area contributed by atoms with Crippen LogP contribution in [-0.4, -0.2) is 36.5 Å². The highest BCUT2D eigenvalue weighted by Crippen LogP contribution is 2.19. The lowest BCUT2D eigenvalue weighted by Gasteiger charge is -2.31. The summed E-state index contributed by atoms with van der Waals surface area (Å²) in [7, 11) is 0. The molecule has 0 spiro atoms. The Kier molecular flexibility index (Phi) is 6.25. The minimum Gasteiger partial charge on any atom is -0.466 e. The van der Waals surface area contributed by atoms with E-state index in [-0.39, 0.29) is 17.8 Å². The van der Waals surface area contributed by atoms with E-state index >= 15 is 0 Å². The van der Waals surface area contributed by atoms with E-state index in [1.54, 1.807) is 11.8 Å². The second kappa shape index (κ2) is 8.18. The molecule has 1 aromatic rings. The zero-order chi connectivity index (χ0) is 15.9. The topological polar surface area (TPSA) is 46.6 Å². The summed E-state index contributed by atoms with van der Waals surface area (Å²) in [6, 6.07) is 7.54. The minimum absolute atomic E-state index is 0.101. The predicted octanol–water partition coefficient (Wildman–Crippen LogP) is 3.07. The Morgan fingerprint density at radius 2 is 2.05 bits per heavy atom. The minimum atomic E-state index is -0.183. The average molecular weight is 324 g/mol. The molecule has 0 aromatic heterocycles. The SMILES string of the molecule is CCOC(=O)C1CCCN(C(=O)CCc2ccc(Cl)cc2)C1. The number of amides is 1. The van der Waals surface area contributed by atoms with Crippen LogP contribution in [0.15, 0.2) is 24.3 Å². The molecule has 1 aliphatic heterocycles. The Labute approximate surface area is 136 Å². The van der Waals surface area contributed by atoms with E-state index in [0.717, 1.165) is 24.9 Å². The van der Waals surface area contributed by atoms with Crippen LogP contribution < -0.4 is 0 Å². The van der Waals surface area contributed by atoms with Gasteiger partial charge in [0.2, 0.25) is 5.91 Å². The Morgan fingerprint density at radius 3 is 2.73 bits per heavy atom. The van der Waals surface area contributed by atoms with Gasteiger partial charge >= 0.3 is 5.97 Å². The summed E-state index contributed by atoms with van der Waals surface area (Å²) >= 11 is 5.85. The van der Waals surface area contributed by atoms with E-state index in [4.69, 9.17) is 16.3 Å². The summed E-state index contributed by atoms with van der Waals surface area (Å²) in [5, 5.41) is 0.698.